The maximum Gasteiger partial charge on any atom is 0.140 e. The normalized spacial score (nSPS) is 11.1. The molecule has 0 radical (unpaired) electrons. The SMILES string of the molecule is Cc1cc(C)cc(-c2nc3ccc(F)cn3c2N)c1. The number of pyridine rings is 1. The van der Waals surface area contributed by atoms with Gasteiger partial charge in [-0.05, 0) is 38.1 Å². The molecule has 0 aliphatic carbocycles. The molecule has 3 rings (SSSR count). The van der Waals surface area contributed by atoms with Gasteiger partial charge in [0.15, 0.2) is 0 Å². The largest absolute Gasteiger partial charge is 0.383 e. The Morgan fingerprint density at radius 2 is 1.79 bits per heavy atom. The lowest BCUT2D eigenvalue weighted by Gasteiger charge is -2.03. The van der Waals surface area contributed by atoms with E-state index in [1.165, 1.54) is 12.3 Å². The van der Waals surface area contributed by atoms with E-state index in [1.54, 1.807) is 10.5 Å². The molecule has 0 bridgehead atoms. The predicted molar refractivity (Wildman–Crippen MR) is 74.5 cm³/mol. The molecule has 0 fully saturated rings. The first-order valence-electron chi connectivity index (χ1n) is 6.06. The van der Waals surface area contributed by atoms with Gasteiger partial charge in [0.1, 0.15) is 23.0 Å². The van der Waals surface area contributed by atoms with E-state index < -0.39 is 0 Å². The molecule has 0 amide bonds. The first-order chi connectivity index (χ1) is 9.04. The molecule has 3 nitrogen and oxygen atoms in total. The third-order valence-electron chi connectivity index (χ3n) is 3.11. The summed E-state index contributed by atoms with van der Waals surface area (Å²) in [4.78, 5) is 4.48. The summed E-state index contributed by atoms with van der Waals surface area (Å²) in [5, 5.41) is 0. The summed E-state index contributed by atoms with van der Waals surface area (Å²) in [6, 6.07) is 9.16. The van der Waals surface area contributed by atoms with Crippen LogP contribution < -0.4 is 5.73 Å². The summed E-state index contributed by atoms with van der Waals surface area (Å²) in [6.07, 6.45) is 1.35. The molecule has 96 valence electrons. The molecule has 0 unspecified atom stereocenters. The number of nitrogens with zero attached hydrogens (tertiary/aromatic N) is 2. The van der Waals surface area contributed by atoms with E-state index in [1.807, 2.05) is 26.0 Å². The zero-order valence-electron chi connectivity index (χ0n) is 10.8. The lowest BCUT2D eigenvalue weighted by Crippen LogP contribution is -1.95. The van der Waals surface area contributed by atoms with Crippen molar-refractivity contribution in [1.29, 1.82) is 0 Å². The quantitative estimate of drug-likeness (QED) is 0.724. The molecule has 4 heteroatoms. The topological polar surface area (TPSA) is 43.3 Å². The van der Waals surface area contributed by atoms with Crippen LogP contribution in [0, 0.1) is 19.7 Å². The smallest absolute Gasteiger partial charge is 0.140 e. The highest BCUT2D eigenvalue weighted by atomic mass is 19.1. The number of aromatic nitrogens is 2. The van der Waals surface area contributed by atoms with E-state index in [9.17, 15) is 4.39 Å². The van der Waals surface area contributed by atoms with E-state index in [4.69, 9.17) is 5.73 Å². The maximum atomic E-state index is 13.3. The number of anilines is 1. The van der Waals surface area contributed by atoms with Gasteiger partial charge in [-0.2, -0.15) is 0 Å². The van der Waals surface area contributed by atoms with Crippen molar-refractivity contribution in [1.82, 2.24) is 9.38 Å². The predicted octanol–water partition coefficient (Wildman–Crippen LogP) is 3.34. The third kappa shape index (κ3) is 1.95. The minimum absolute atomic E-state index is 0.330. The van der Waals surface area contributed by atoms with Crippen LogP contribution in [-0.4, -0.2) is 9.38 Å². The molecule has 0 saturated heterocycles. The van der Waals surface area contributed by atoms with Crippen LogP contribution >= 0.6 is 0 Å². The van der Waals surface area contributed by atoms with E-state index in [2.05, 4.69) is 11.1 Å². The van der Waals surface area contributed by atoms with Crippen LogP contribution in [0.3, 0.4) is 0 Å². The summed E-state index contributed by atoms with van der Waals surface area (Å²) in [5.41, 5.74) is 10.7. The zero-order chi connectivity index (χ0) is 13.6. The second kappa shape index (κ2) is 4.09. The van der Waals surface area contributed by atoms with Gasteiger partial charge in [0.05, 0.1) is 0 Å². The number of hydrogen-bond acceptors (Lipinski definition) is 2. The van der Waals surface area contributed by atoms with Crippen molar-refractivity contribution in [3.63, 3.8) is 0 Å². The number of hydrogen-bond donors (Lipinski definition) is 1. The molecule has 0 aliphatic rings. The number of aryl methyl sites for hydroxylation is 2. The van der Waals surface area contributed by atoms with Gasteiger partial charge in [0.25, 0.3) is 0 Å². The van der Waals surface area contributed by atoms with Crippen molar-refractivity contribution in [3.8, 4) is 11.3 Å². The highest BCUT2D eigenvalue weighted by molar-refractivity contribution is 5.75. The Morgan fingerprint density at radius 3 is 2.47 bits per heavy atom. The van der Waals surface area contributed by atoms with Crippen LogP contribution in [0.4, 0.5) is 10.2 Å². The molecule has 2 N–H and O–H groups in total. The average molecular weight is 255 g/mol. The van der Waals surface area contributed by atoms with E-state index in [0.29, 0.717) is 17.2 Å². The zero-order valence-corrected chi connectivity index (χ0v) is 10.8. The number of fused-ring (bicyclic) bond motifs is 1. The van der Waals surface area contributed by atoms with Crippen molar-refractivity contribution in [2.45, 2.75) is 13.8 Å². The second-order valence-electron chi connectivity index (χ2n) is 4.80. The Morgan fingerprint density at radius 1 is 1.11 bits per heavy atom. The van der Waals surface area contributed by atoms with Gasteiger partial charge in [-0.1, -0.05) is 17.2 Å². The summed E-state index contributed by atoms with van der Waals surface area (Å²) in [7, 11) is 0. The van der Waals surface area contributed by atoms with Crippen molar-refractivity contribution in [3.05, 3.63) is 53.5 Å². The number of halogens is 1. The molecule has 2 aromatic heterocycles. The van der Waals surface area contributed by atoms with Crippen molar-refractivity contribution in [2.24, 2.45) is 0 Å². The monoisotopic (exact) mass is 255 g/mol. The molecule has 1 aromatic carbocycles. The number of imidazole rings is 1. The Kier molecular flexibility index (Phi) is 2.52. The molecule has 0 spiro atoms. The average Bonchev–Trinajstić information content (AvgIpc) is 2.66. The summed E-state index contributed by atoms with van der Waals surface area (Å²) >= 11 is 0. The number of nitrogens with two attached hydrogens (primary N) is 1. The van der Waals surface area contributed by atoms with E-state index >= 15 is 0 Å². The highest BCUT2D eigenvalue weighted by Gasteiger charge is 2.12. The van der Waals surface area contributed by atoms with Gasteiger partial charge in [-0.15, -0.1) is 0 Å². The number of benzene rings is 1. The van der Waals surface area contributed by atoms with Gasteiger partial charge in [-0.3, -0.25) is 4.40 Å². The van der Waals surface area contributed by atoms with Crippen molar-refractivity contribution < 1.29 is 4.39 Å². The second-order valence-corrected chi connectivity index (χ2v) is 4.80. The minimum Gasteiger partial charge on any atom is -0.383 e. The molecular weight excluding hydrogens is 241 g/mol. The fraction of sp³-hybridized carbons (Fsp3) is 0.133. The van der Waals surface area contributed by atoms with E-state index in [-0.39, 0.29) is 5.82 Å². The Bertz CT molecular complexity index is 754. The van der Waals surface area contributed by atoms with Crippen LogP contribution in [0.2, 0.25) is 0 Å². The van der Waals surface area contributed by atoms with Crippen LogP contribution in [0.5, 0.6) is 0 Å². The van der Waals surface area contributed by atoms with Gasteiger partial charge in [-0.25, -0.2) is 9.37 Å². The third-order valence-corrected chi connectivity index (χ3v) is 3.11. The summed E-state index contributed by atoms with van der Waals surface area (Å²) in [6.45, 7) is 4.06. The first kappa shape index (κ1) is 11.7. The lowest BCUT2D eigenvalue weighted by molar-refractivity contribution is 0.619. The fourth-order valence-corrected chi connectivity index (χ4v) is 2.36. The van der Waals surface area contributed by atoms with Crippen LogP contribution in [-0.2, 0) is 0 Å². The van der Waals surface area contributed by atoms with Crippen molar-refractivity contribution >= 4 is 11.5 Å². The Labute approximate surface area is 110 Å². The van der Waals surface area contributed by atoms with Crippen LogP contribution in [0.1, 0.15) is 11.1 Å². The molecule has 0 atom stereocenters. The molecular formula is C15H14FN3. The Balaban J connectivity index is 2.27. The lowest BCUT2D eigenvalue weighted by atomic mass is 10.1. The van der Waals surface area contributed by atoms with Crippen LogP contribution in [0.25, 0.3) is 16.9 Å². The van der Waals surface area contributed by atoms with Crippen molar-refractivity contribution in [2.75, 3.05) is 5.73 Å². The number of nitrogen functional groups attached to an aromatic ring is 1. The molecule has 0 saturated carbocycles. The maximum absolute atomic E-state index is 13.3. The standard InChI is InChI=1S/C15H14FN3/c1-9-5-10(2)7-11(6-9)14-15(17)19-8-12(16)3-4-13(19)18-14/h3-8H,17H2,1-2H3. The minimum atomic E-state index is -0.330. The fourth-order valence-electron chi connectivity index (χ4n) is 2.36. The molecule has 0 aliphatic heterocycles. The van der Waals surface area contributed by atoms with Gasteiger partial charge in [0, 0.05) is 11.8 Å². The first-order valence-corrected chi connectivity index (χ1v) is 6.06. The van der Waals surface area contributed by atoms with Gasteiger partial charge >= 0.3 is 0 Å². The summed E-state index contributed by atoms with van der Waals surface area (Å²) in [5.74, 6) is 0.128. The van der Waals surface area contributed by atoms with Gasteiger partial charge < -0.3 is 5.73 Å². The molecule has 3 aromatic rings. The number of rotatable bonds is 1. The highest BCUT2D eigenvalue weighted by Crippen LogP contribution is 2.28. The van der Waals surface area contributed by atoms with Crippen LogP contribution in [0.15, 0.2) is 36.5 Å². The molecule has 2 heterocycles. The van der Waals surface area contributed by atoms with E-state index in [0.717, 1.165) is 16.7 Å². The van der Waals surface area contributed by atoms with Gasteiger partial charge in [0.2, 0.25) is 0 Å². The molecule has 19 heavy (non-hydrogen) atoms. The summed E-state index contributed by atoms with van der Waals surface area (Å²) < 4.78 is 14.8. The Hall–Kier alpha value is -2.36.